The van der Waals surface area contributed by atoms with Crippen molar-refractivity contribution in [1.29, 1.82) is 0 Å². The third-order valence-electron chi connectivity index (χ3n) is 2.48. The van der Waals surface area contributed by atoms with Crippen LogP contribution in [0.1, 0.15) is 18.4 Å². The maximum atomic E-state index is 10.9. The molecule has 1 atom stereocenters. The molecule has 2 N–H and O–H groups in total. The van der Waals surface area contributed by atoms with Crippen molar-refractivity contribution >= 4 is 17.7 Å². The van der Waals surface area contributed by atoms with Crippen LogP contribution in [0.3, 0.4) is 0 Å². The number of primary amides is 1. The van der Waals surface area contributed by atoms with E-state index in [2.05, 4.69) is 10.2 Å². The molecular formula is C13H15N3O3S. The molecule has 0 spiro atoms. The minimum Gasteiger partial charge on any atom is -0.484 e. The van der Waals surface area contributed by atoms with E-state index in [-0.39, 0.29) is 6.61 Å². The Kier molecular flexibility index (Phi) is 4.62. The summed E-state index contributed by atoms with van der Waals surface area (Å²) < 4.78 is 10.9. The summed E-state index contributed by atoms with van der Waals surface area (Å²) in [6.45, 7) is 3.85. The first kappa shape index (κ1) is 14.4. The van der Waals surface area contributed by atoms with Gasteiger partial charge in [-0.05, 0) is 31.5 Å². The zero-order valence-electron chi connectivity index (χ0n) is 11.2. The van der Waals surface area contributed by atoms with E-state index in [1.807, 2.05) is 31.2 Å². The molecule has 0 aliphatic heterocycles. The van der Waals surface area contributed by atoms with Gasteiger partial charge in [0.2, 0.25) is 5.91 Å². The first-order chi connectivity index (χ1) is 9.54. The number of aryl methyl sites for hydroxylation is 1. The van der Waals surface area contributed by atoms with Crippen molar-refractivity contribution in [3.8, 4) is 5.75 Å². The van der Waals surface area contributed by atoms with Crippen LogP contribution in [-0.2, 0) is 11.4 Å². The Bertz CT molecular complexity index is 600. The fraction of sp³-hybridized carbons (Fsp3) is 0.308. The third-order valence-corrected chi connectivity index (χ3v) is 3.43. The third kappa shape index (κ3) is 3.99. The average Bonchev–Trinajstić information content (AvgIpc) is 2.84. The minimum atomic E-state index is -0.425. The Labute approximate surface area is 120 Å². The summed E-state index contributed by atoms with van der Waals surface area (Å²) in [6, 6.07) is 7.67. The van der Waals surface area contributed by atoms with E-state index in [0.717, 1.165) is 23.1 Å². The second kappa shape index (κ2) is 6.42. The number of amides is 1. The van der Waals surface area contributed by atoms with Gasteiger partial charge < -0.3 is 14.9 Å². The smallest absolute Gasteiger partial charge is 0.277 e. The molecule has 1 aromatic carbocycles. The maximum Gasteiger partial charge on any atom is 0.277 e. The monoisotopic (exact) mass is 293 g/mol. The summed E-state index contributed by atoms with van der Waals surface area (Å²) in [5.41, 5.74) is 6.28. The molecule has 7 heteroatoms. The fourth-order valence-corrected chi connectivity index (χ4v) is 2.05. The first-order valence-electron chi connectivity index (χ1n) is 6.02. The molecule has 0 fully saturated rings. The Morgan fingerprint density at radius 2 is 2.30 bits per heavy atom. The van der Waals surface area contributed by atoms with Crippen LogP contribution in [0.2, 0.25) is 0 Å². The molecule has 1 heterocycles. The van der Waals surface area contributed by atoms with Gasteiger partial charge in [-0.1, -0.05) is 23.9 Å². The lowest BCUT2D eigenvalue weighted by Gasteiger charge is -2.03. The van der Waals surface area contributed by atoms with E-state index in [0.29, 0.717) is 11.1 Å². The number of hydrogen-bond donors (Lipinski definition) is 1. The summed E-state index contributed by atoms with van der Waals surface area (Å²) in [4.78, 5) is 10.9. The van der Waals surface area contributed by atoms with Gasteiger partial charge in [-0.3, -0.25) is 4.79 Å². The summed E-state index contributed by atoms with van der Waals surface area (Å²) >= 11 is 1.13. The molecule has 0 radical (unpaired) electrons. The van der Waals surface area contributed by atoms with E-state index in [1.165, 1.54) is 0 Å². The summed E-state index contributed by atoms with van der Waals surface area (Å²) in [5, 5.41) is 7.57. The molecule has 0 aliphatic rings. The normalized spacial score (nSPS) is 12.1. The van der Waals surface area contributed by atoms with Gasteiger partial charge in [0.1, 0.15) is 5.75 Å². The second-order valence-corrected chi connectivity index (χ2v) is 5.52. The fourth-order valence-electron chi connectivity index (χ4n) is 1.40. The van der Waals surface area contributed by atoms with E-state index in [9.17, 15) is 4.79 Å². The molecule has 0 aliphatic carbocycles. The SMILES string of the molecule is Cc1cccc(OCc2nnc(S[C@H](C)C(N)=O)o2)c1. The Balaban J connectivity index is 1.91. The van der Waals surface area contributed by atoms with E-state index < -0.39 is 11.2 Å². The van der Waals surface area contributed by atoms with E-state index in [1.54, 1.807) is 6.92 Å². The lowest BCUT2D eigenvalue weighted by atomic mass is 10.2. The summed E-state index contributed by atoms with van der Waals surface area (Å²) in [6.07, 6.45) is 0. The van der Waals surface area contributed by atoms with Crippen LogP contribution in [0.25, 0.3) is 0 Å². The molecule has 1 aromatic heterocycles. The highest BCUT2D eigenvalue weighted by molar-refractivity contribution is 8.00. The van der Waals surface area contributed by atoms with Crippen molar-refractivity contribution in [3.05, 3.63) is 35.7 Å². The molecule has 0 unspecified atom stereocenters. The molecule has 1 amide bonds. The van der Waals surface area contributed by atoms with Crippen molar-refractivity contribution in [2.75, 3.05) is 0 Å². The van der Waals surface area contributed by atoms with Gasteiger partial charge in [-0.2, -0.15) is 0 Å². The quantitative estimate of drug-likeness (QED) is 0.818. The predicted molar refractivity (Wildman–Crippen MR) is 74.3 cm³/mol. The number of aromatic nitrogens is 2. The van der Waals surface area contributed by atoms with Crippen molar-refractivity contribution in [3.63, 3.8) is 0 Å². The molecule has 6 nitrogen and oxygen atoms in total. The van der Waals surface area contributed by atoms with Crippen molar-refractivity contribution in [2.24, 2.45) is 5.73 Å². The highest BCUT2D eigenvalue weighted by Crippen LogP contribution is 2.22. The number of rotatable bonds is 6. The highest BCUT2D eigenvalue weighted by Gasteiger charge is 2.15. The highest BCUT2D eigenvalue weighted by atomic mass is 32.2. The largest absolute Gasteiger partial charge is 0.484 e. The number of ether oxygens (including phenoxy) is 1. The van der Waals surface area contributed by atoms with Crippen molar-refractivity contribution in [2.45, 2.75) is 30.9 Å². The molecule has 0 saturated carbocycles. The summed E-state index contributed by atoms with van der Waals surface area (Å²) in [5.74, 6) is 0.666. The van der Waals surface area contributed by atoms with E-state index >= 15 is 0 Å². The second-order valence-electron chi connectivity index (χ2n) is 4.23. The molecule has 106 valence electrons. The van der Waals surface area contributed by atoms with Crippen LogP contribution in [0.15, 0.2) is 33.9 Å². The van der Waals surface area contributed by atoms with Gasteiger partial charge in [0, 0.05) is 0 Å². The Morgan fingerprint density at radius 3 is 3.00 bits per heavy atom. The first-order valence-corrected chi connectivity index (χ1v) is 6.90. The number of carbonyl (C=O) groups is 1. The van der Waals surface area contributed by atoms with Crippen LogP contribution in [0.5, 0.6) is 5.75 Å². The van der Waals surface area contributed by atoms with Gasteiger partial charge in [0.05, 0.1) is 5.25 Å². The van der Waals surface area contributed by atoms with E-state index in [4.69, 9.17) is 14.9 Å². The van der Waals surface area contributed by atoms with Crippen LogP contribution in [0.4, 0.5) is 0 Å². The number of nitrogens with zero attached hydrogens (tertiary/aromatic N) is 2. The average molecular weight is 293 g/mol. The van der Waals surface area contributed by atoms with Crippen LogP contribution >= 0.6 is 11.8 Å². The standard InChI is InChI=1S/C13H15N3O3S/c1-8-4-3-5-10(6-8)18-7-11-15-16-13(19-11)20-9(2)12(14)17/h3-6,9H,7H2,1-2H3,(H2,14,17)/t9-/m1/s1. The van der Waals surface area contributed by atoms with Gasteiger partial charge in [-0.15, -0.1) is 10.2 Å². The van der Waals surface area contributed by atoms with Crippen LogP contribution in [0, 0.1) is 6.92 Å². The predicted octanol–water partition coefficient (Wildman–Crippen LogP) is 1.92. The van der Waals surface area contributed by atoms with Gasteiger partial charge >= 0.3 is 0 Å². The molecule has 2 rings (SSSR count). The molecule has 20 heavy (non-hydrogen) atoms. The number of carbonyl (C=O) groups excluding carboxylic acids is 1. The van der Waals surface area contributed by atoms with Crippen molar-refractivity contribution < 1.29 is 13.9 Å². The number of nitrogens with two attached hydrogens (primary N) is 1. The number of benzene rings is 1. The number of thioether (sulfide) groups is 1. The maximum absolute atomic E-state index is 10.9. The van der Waals surface area contributed by atoms with Gasteiger partial charge in [-0.25, -0.2) is 0 Å². The Morgan fingerprint density at radius 1 is 1.50 bits per heavy atom. The number of hydrogen-bond acceptors (Lipinski definition) is 6. The van der Waals surface area contributed by atoms with Crippen LogP contribution < -0.4 is 10.5 Å². The molecule has 0 bridgehead atoms. The molecule has 2 aromatic rings. The minimum absolute atomic E-state index is 0.183. The summed E-state index contributed by atoms with van der Waals surface area (Å²) in [7, 11) is 0. The lowest BCUT2D eigenvalue weighted by Crippen LogP contribution is -2.22. The van der Waals surface area contributed by atoms with Crippen LogP contribution in [-0.4, -0.2) is 21.4 Å². The molecule has 0 saturated heterocycles. The zero-order valence-corrected chi connectivity index (χ0v) is 12.0. The zero-order chi connectivity index (χ0) is 14.5. The van der Waals surface area contributed by atoms with Crippen molar-refractivity contribution in [1.82, 2.24) is 10.2 Å². The Hall–Kier alpha value is -2.02. The topological polar surface area (TPSA) is 91.2 Å². The van der Waals surface area contributed by atoms with Gasteiger partial charge in [0.15, 0.2) is 6.61 Å². The lowest BCUT2D eigenvalue weighted by molar-refractivity contribution is -0.117. The van der Waals surface area contributed by atoms with Gasteiger partial charge in [0.25, 0.3) is 11.1 Å². The molecular weight excluding hydrogens is 278 g/mol.